The van der Waals surface area contributed by atoms with Gasteiger partial charge in [-0.3, -0.25) is 4.79 Å². The Labute approximate surface area is 115 Å². The molecule has 2 saturated carbocycles. The zero-order valence-corrected chi connectivity index (χ0v) is 11.7. The maximum absolute atomic E-state index is 12.8. The van der Waals surface area contributed by atoms with E-state index in [1.807, 2.05) is 18.2 Å². The minimum atomic E-state index is -0.0723. The van der Waals surface area contributed by atoms with E-state index in [0.717, 1.165) is 24.0 Å². The summed E-state index contributed by atoms with van der Waals surface area (Å²) in [7, 11) is 0. The second-order valence-electron chi connectivity index (χ2n) is 6.31. The van der Waals surface area contributed by atoms with Crippen molar-refractivity contribution < 1.29 is 4.79 Å². The molecule has 2 aliphatic rings. The average molecular weight is 254 g/mol. The molecule has 0 bridgehead atoms. The SMILES string of the molecule is CC12CCCCC1CC/C(=C\c1ccccc1)C2=O. The molecular weight excluding hydrogens is 232 g/mol. The molecule has 0 N–H and O–H groups in total. The van der Waals surface area contributed by atoms with Crippen LogP contribution in [0.2, 0.25) is 0 Å². The summed E-state index contributed by atoms with van der Waals surface area (Å²) in [5, 5.41) is 0. The van der Waals surface area contributed by atoms with E-state index in [-0.39, 0.29) is 5.41 Å². The van der Waals surface area contributed by atoms with Crippen LogP contribution >= 0.6 is 0 Å². The van der Waals surface area contributed by atoms with E-state index in [9.17, 15) is 4.79 Å². The van der Waals surface area contributed by atoms with Crippen molar-refractivity contribution in [3.8, 4) is 0 Å². The van der Waals surface area contributed by atoms with Gasteiger partial charge in [0.25, 0.3) is 0 Å². The van der Waals surface area contributed by atoms with Gasteiger partial charge in [0.05, 0.1) is 0 Å². The first-order valence-electron chi connectivity index (χ1n) is 7.50. The van der Waals surface area contributed by atoms with Crippen LogP contribution in [-0.4, -0.2) is 5.78 Å². The van der Waals surface area contributed by atoms with Crippen molar-refractivity contribution >= 4 is 11.9 Å². The first-order chi connectivity index (χ1) is 9.20. The zero-order chi connectivity index (χ0) is 13.3. The van der Waals surface area contributed by atoms with E-state index in [0.29, 0.717) is 11.7 Å². The fourth-order valence-electron chi connectivity index (χ4n) is 3.87. The average Bonchev–Trinajstić information content (AvgIpc) is 2.44. The van der Waals surface area contributed by atoms with Crippen molar-refractivity contribution in [1.29, 1.82) is 0 Å². The molecule has 100 valence electrons. The molecule has 1 heteroatoms. The summed E-state index contributed by atoms with van der Waals surface area (Å²) in [5.41, 5.74) is 2.13. The van der Waals surface area contributed by atoms with Gasteiger partial charge >= 0.3 is 0 Å². The third kappa shape index (κ3) is 2.27. The van der Waals surface area contributed by atoms with Gasteiger partial charge in [0.2, 0.25) is 0 Å². The molecule has 0 spiro atoms. The highest BCUT2D eigenvalue weighted by Crippen LogP contribution is 2.49. The Hall–Kier alpha value is -1.37. The molecule has 0 saturated heterocycles. The monoisotopic (exact) mass is 254 g/mol. The molecule has 0 radical (unpaired) electrons. The molecule has 2 atom stereocenters. The molecule has 0 aromatic heterocycles. The van der Waals surface area contributed by atoms with Crippen LogP contribution in [0.4, 0.5) is 0 Å². The first kappa shape index (κ1) is 12.7. The molecule has 19 heavy (non-hydrogen) atoms. The highest BCUT2D eigenvalue weighted by atomic mass is 16.1. The number of hydrogen-bond acceptors (Lipinski definition) is 1. The molecule has 3 rings (SSSR count). The summed E-state index contributed by atoms with van der Waals surface area (Å²) in [5.74, 6) is 1.05. The number of rotatable bonds is 1. The van der Waals surface area contributed by atoms with Crippen LogP contribution in [0.25, 0.3) is 6.08 Å². The standard InChI is InChI=1S/C18H22O/c1-18-12-6-5-9-16(18)11-10-15(17(18)19)13-14-7-3-2-4-8-14/h2-4,7-8,13,16H,5-6,9-12H2,1H3/b15-13+. The number of fused-ring (bicyclic) bond motifs is 1. The predicted molar refractivity (Wildman–Crippen MR) is 78.7 cm³/mol. The van der Waals surface area contributed by atoms with Crippen molar-refractivity contribution in [1.82, 2.24) is 0 Å². The van der Waals surface area contributed by atoms with Gasteiger partial charge in [-0.1, -0.05) is 50.1 Å². The number of carbonyl (C=O) groups is 1. The van der Waals surface area contributed by atoms with E-state index in [1.54, 1.807) is 0 Å². The minimum Gasteiger partial charge on any atom is -0.294 e. The molecule has 1 aromatic rings. The molecule has 1 nitrogen and oxygen atoms in total. The third-order valence-corrected chi connectivity index (χ3v) is 5.11. The Balaban J connectivity index is 1.89. The van der Waals surface area contributed by atoms with Gasteiger partial charge in [-0.25, -0.2) is 0 Å². The van der Waals surface area contributed by atoms with E-state index in [1.165, 1.54) is 25.7 Å². The van der Waals surface area contributed by atoms with Gasteiger partial charge in [-0.15, -0.1) is 0 Å². The number of Topliss-reactive ketones (excluding diaryl/α,β-unsaturated/α-hetero) is 1. The largest absolute Gasteiger partial charge is 0.294 e. The smallest absolute Gasteiger partial charge is 0.165 e. The fourth-order valence-corrected chi connectivity index (χ4v) is 3.87. The Bertz CT molecular complexity index is 500. The molecule has 2 unspecified atom stereocenters. The summed E-state index contributed by atoms with van der Waals surface area (Å²) in [6.45, 7) is 2.21. The van der Waals surface area contributed by atoms with Crippen molar-refractivity contribution in [3.05, 3.63) is 41.5 Å². The van der Waals surface area contributed by atoms with Gasteiger partial charge in [-0.2, -0.15) is 0 Å². The number of carbonyl (C=O) groups excluding carboxylic acids is 1. The maximum Gasteiger partial charge on any atom is 0.165 e. The zero-order valence-electron chi connectivity index (χ0n) is 11.7. The van der Waals surface area contributed by atoms with Crippen molar-refractivity contribution in [2.45, 2.75) is 45.4 Å². The van der Waals surface area contributed by atoms with E-state index >= 15 is 0 Å². The van der Waals surface area contributed by atoms with Crippen LogP contribution in [0.1, 0.15) is 51.0 Å². The third-order valence-electron chi connectivity index (χ3n) is 5.11. The summed E-state index contributed by atoms with van der Waals surface area (Å²) >= 11 is 0. The van der Waals surface area contributed by atoms with Crippen LogP contribution in [0.3, 0.4) is 0 Å². The predicted octanol–water partition coefficient (Wildman–Crippen LogP) is 4.63. The normalized spacial score (nSPS) is 33.2. The van der Waals surface area contributed by atoms with Crippen molar-refractivity contribution in [3.63, 3.8) is 0 Å². The van der Waals surface area contributed by atoms with Crippen molar-refractivity contribution in [2.24, 2.45) is 11.3 Å². The molecule has 2 aliphatic carbocycles. The van der Waals surface area contributed by atoms with E-state index < -0.39 is 0 Å². The lowest BCUT2D eigenvalue weighted by Gasteiger charge is -2.44. The Morgan fingerprint density at radius 2 is 1.95 bits per heavy atom. The lowest BCUT2D eigenvalue weighted by atomic mass is 9.58. The summed E-state index contributed by atoms with van der Waals surface area (Å²) in [6.07, 6.45) is 9.14. The topological polar surface area (TPSA) is 17.1 Å². The maximum atomic E-state index is 12.8. The fraction of sp³-hybridized carbons (Fsp3) is 0.500. The Morgan fingerprint density at radius 3 is 2.74 bits per heavy atom. The number of benzene rings is 1. The van der Waals surface area contributed by atoms with E-state index in [4.69, 9.17) is 0 Å². The second-order valence-corrected chi connectivity index (χ2v) is 6.31. The number of hydrogen-bond donors (Lipinski definition) is 0. The minimum absolute atomic E-state index is 0.0723. The summed E-state index contributed by atoms with van der Waals surface area (Å²) in [6, 6.07) is 10.2. The second kappa shape index (κ2) is 4.96. The molecule has 0 aliphatic heterocycles. The van der Waals surface area contributed by atoms with Crippen LogP contribution in [0.5, 0.6) is 0 Å². The highest BCUT2D eigenvalue weighted by molar-refractivity contribution is 6.04. The quantitative estimate of drug-likeness (QED) is 0.668. The number of allylic oxidation sites excluding steroid dienone is 1. The van der Waals surface area contributed by atoms with Crippen LogP contribution < -0.4 is 0 Å². The Morgan fingerprint density at radius 1 is 1.16 bits per heavy atom. The lowest BCUT2D eigenvalue weighted by Crippen LogP contribution is -2.42. The van der Waals surface area contributed by atoms with Gasteiger partial charge in [0.1, 0.15) is 0 Å². The number of ketones is 1. The van der Waals surface area contributed by atoms with Crippen LogP contribution in [0, 0.1) is 11.3 Å². The van der Waals surface area contributed by atoms with Gasteiger partial charge in [-0.05, 0) is 48.8 Å². The molecular formula is C18H22O. The molecule has 1 aromatic carbocycles. The molecule has 2 fully saturated rings. The van der Waals surface area contributed by atoms with Gasteiger partial charge < -0.3 is 0 Å². The molecule has 0 heterocycles. The van der Waals surface area contributed by atoms with Gasteiger partial charge in [0.15, 0.2) is 5.78 Å². The first-order valence-corrected chi connectivity index (χ1v) is 7.50. The van der Waals surface area contributed by atoms with Gasteiger partial charge in [0, 0.05) is 5.41 Å². The molecule has 0 amide bonds. The lowest BCUT2D eigenvalue weighted by molar-refractivity contribution is -0.131. The Kier molecular flexibility index (Phi) is 3.30. The summed E-state index contributed by atoms with van der Waals surface area (Å²) in [4.78, 5) is 12.8. The highest BCUT2D eigenvalue weighted by Gasteiger charge is 2.46. The van der Waals surface area contributed by atoms with Crippen LogP contribution in [-0.2, 0) is 4.79 Å². The van der Waals surface area contributed by atoms with E-state index in [2.05, 4.69) is 25.1 Å². The van der Waals surface area contributed by atoms with Crippen molar-refractivity contribution in [2.75, 3.05) is 0 Å². The van der Waals surface area contributed by atoms with Crippen LogP contribution in [0.15, 0.2) is 35.9 Å². The summed E-state index contributed by atoms with van der Waals surface area (Å²) < 4.78 is 0.